The zero-order valence-corrected chi connectivity index (χ0v) is 15.5. The van der Waals surface area contributed by atoms with Gasteiger partial charge >= 0.3 is 0 Å². The van der Waals surface area contributed by atoms with E-state index in [1.807, 2.05) is 43.3 Å². The first-order valence-electron chi connectivity index (χ1n) is 7.36. The summed E-state index contributed by atoms with van der Waals surface area (Å²) >= 11 is 9.88. The van der Waals surface area contributed by atoms with Crippen molar-refractivity contribution in [2.45, 2.75) is 6.92 Å². The number of aromatic nitrogens is 1. The molecule has 0 unspecified atom stereocenters. The van der Waals surface area contributed by atoms with Crippen LogP contribution in [0.25, 0.3) is 22.2 Å². The Balaban J connectivity index is 1.99. The van der Waals surface area contributed by atoms with Crippen molar-refractivity contribution < 1.29 is 13.9 Å². The number of nitrogens with zero attached hydrogens (tertiary/aromatic N) is 1. The molecule has 6 heteroatoms. The van der Waals surface area contributed by atoms with E-state index in [-0.39, 0.29) is 0 Å². The maximum absolute atomic E-state index is 6.38. The molecule has 0 aliphatic carbocycles. The summed E-state index contributed by atoms with van der Waals surface area (Å²) in [6.07, 6.45) is 1.77. The molecule has 0 saturated heterocycles. The van der Waals surface area contributed by atoms with Gasteiger partial charge in [-0.3, -0.25) is 0 Å². The molecule has 3 rings (SSSR count). The topological polar surface area (TPSA) is 44.5 Å². The van der Waals surface area contributed by atoms with Crippen LogP contribution in [0.2, 0.25) is 0 Å². The maximum Gasteiger partial charge on any atom is 0.238 e. The van der Waals surface area contributed by atoms with E-state index in [1.165, 1.54) is 0 Å². The first kappa shape index (κ1) is 16.9. The Morgan fingerprint density at radius 1 is 1.33 bits per heavy atom. The van der Waals surface area contributed by atoms with Gasteiger partial charge in [0.25, 0.3) is 0 Å². The number of oxazole rings is 1. The van der Waals surface area contributed by atoms with Crippen molar-refractivity contribution >= 4 is 49.7 Å². The Labute approximate surface area is 153 Å². The number of benzene rings is 2. The summed E-state index contributed by atoms with van der Waals surface area (Å²) in [4.78, 5) is 4.39. The largest absolute Gasteiger partial charge is 0.493 e. The summed E-state index contributed by atoms with van der Waals surface area (Å²) < 4.78 is 17.4. The zero-order chi connectivity index (χ0) is 17.1. The van der Waals surface area contributed by atoms with Gasteiger partial charge in [-0.25, -0.2) is 4.98 Å². The van der Waals surface area contributed by atoms with Gasteiger partial charge in [0.2, 0.25) is 5.89 Å². The van der Waals surface area contributed by atoms with Crippen molar-refractivity contribution in [3.63, 3.8) is 0 Å². The fourth-order valence-electron chi connectivity index (χ4n) is 2.29. The van der Waals surface area contributed by atoms with Gasteiger partial charge in [-0.15, -0.1) is 0 Å². The van der Waals surface area contributed by atoms with E-state index in [9.17, 15) is 0 Å². The quantitative estimate of drug-likeness (QED) is 0.540. The standard InChI is InChI=1S/C18H15BrClNO3/c1-3-23-17-12(19)8-11(10-16(17)22-2)9-13(20)18-21-14-6-4-5-7-15(14)24-18/h4-10H,3H2,1-2H3/b13-9-. The molecule has 0 radical (unpaired) electrons. The third-order valence-electron chi connectivity index (χ3n) is 3.33. The van der Waals surface area contributed by atoms with Crippen LogP contribution in [-0.2, 0) is 0 Å². The van der Waals surface area contributed by atoms with Crippen molar-refractivity contribution in [2.24, 2.45) is 0 Å². The summed E-state index contributed by atoms with van der Waals surface area (Å²) in [5.74, 6) is 1.66. The second-order valence-corrected chi connectivity index (χ2v) is 6.21. The van der Waals surface area contributed by atoms with E-state index in [0.29, 0.717) is 34.6 Å². The molecule has 24 heavy (non-hydrogen) atoms. The third-order valence-corrected chi connectivity index (χ3v) is 4.19. The minimum atomic E-state index is 0.377. The molecule has 0 amide bonds. The van der Waals surface area contributed by atoms with Crippen molar-refractivity contribution in [1.29, 1.82) is 0 Å². The Morgan fingerprint density at radius 3 is 2.83 bits per heavy atom. The average Bonchev–Trinajstić information content (AvgIpc) is 3.01. The first-order valence-corrected chi connectivity index (χ1v) is 8.53. The predicted molar refractivity (Wildman–Crippen MR) is 99.6 cm³/mol. The minimum absolute atomic E-state index is 0.377. The lowest BCUT2D eigenvalue weighted by atomic mass is 10.2. The summed E-state index contributed by atoms with van der Waals surface area (Å²) in [6.45, 7) is 2.47. The van der Waals surface area contributed by atoms with Gasteiger partial charge in [-0.05, 0) is 58.8 Å². The number of methoxy groups -OCH3 is 1. The number of halogens is 2. The number of hydrogen-bond donors (Lipinski definition) is 0. The Kier molecular flexibility index (Phi) is 5.11. The molecule has 4 nitrogen and oxygen atoms in total. The monoisotopic (exact) mass is 407 g/mol. The summed E-state index contributed by atoms with van der Waals surface area (Å²) in [7, 11) is 1.60. The lowest BCUT2D eigenvalue weighted by Gasteiger charge is -2.12. The highest BCUT2D eigenvalue weighted by molar-refractivity contribution is 9.10. The summed E-state index contributed by atoms with van der Waals surface area (Å²) in [5.41, 5.74) is 2.31. The number of para-hydroxylation sites is 2. The molecule has 2 aromatic carbocycles. The van der Waals surface area contributed by atoms with Crippen LogP contribution in [0.1, 0.15) is 18.4 Å². The van der Waals surface area contributed by atoms with Crippen molar-refractivity contribution in [1.82, 2.24) is 4.98 Å². The van der Waals surface area contributed by atoms with E-state index < -0.39 is 0 Å². The van der Waals surface area contributed by atoms with Crippen LogP contribution < -0.4 is 9.47 Å². The van der Waals surface area contributed by atoms with Crippen molar-refractivity contribution in [2.75, 3.05) is 13.7 Å². The molecule has 0 saturated carbocycles. The molecule has 0 atom stereocenters. The highest BCUT2D eigenvalue weighted by atomic mass is 79.9. The molecule has 0 aliphatic rings. The van der Waals surface area contributed by atoms with Gasteiger partial charge in [-0.2, -0.15) is 0 Å². The molecule has 0 aliphatic heterocycles. The zero-order valence-electron chi connectivity index (χ0n) is 13.2. The summed E-state index contributed by atoms with van der Waals surface area (Å²) in [5, 5.41) is 0.407. The van der Waals surface area contributed by atoms with Crippen molar-refractivity contribution in [3.8, 4) is 11.5 Å². The smallest absolute Gasteiger partial charge is 0.238 e. The second kappa shape index (κ2) is 7.28. The van der Waals surface area contributed by atoms with Crippen molar-refractivity contribution in [3.05, 3.63) is 52.3 Å². The molecule has 0 spiro atoms. The molecule has 124 valence electrons. The molecule has 1 aromatic heterocycles. The minimum Gasteiger partial charge on any atom is -0.493 e. The number of fused-ring (bicyclic) bond motifs is 1. The van der Waals surface area contributed by atoms with Crippen LogP contribution >= 0.6 is 27.5 Å². The second-order valence-electron chi connectivity index (χ2n) is 4.95. The fraction of sp³-hybridized carbons (Fsp3) is 0.167. The first-order chi connectivity index (χ1) is 11.6. The van der Waals surface area contributed by atoms with Crippen LogP contribution in [0.4, 0.5) is 0 Å². The van der Waals surface area contributed by atoms with Gasteiger partial charge in [0.1, 0.15) is 10.5 Å². The van der Waals surface area contributed by atoms with Gasteiger partial charge in [0.15, 0.2) is 17.1 Å². The van der Waals surface area contributed by atoms with E-state index in [2.05, 4.69) is 20.9 Å². The van der Waals surface area contributed by atoms with Crippen LogP contribution in [-0.4, -0.2) is 18.7 Å². The van der Waals surface area contributed by atoms with Gasteiger partial charge < -0.3 is 13.9 Å². The lowest BCUT2D eigenvalue weighted by Crippen LogP contribution is -1.97. The maximum atomic E-state index is 6.38. The predicted octanol–water partition coefficient (Wildman–Crippen LogP) is 5.73. The van der Waals surface area contributed by atoms with Crippen LogP contribution in [0, 0.1) is 0 Å². The highest BCUT2D eigenvalue weighted by Crippen LogP contribution is 2.38. The molecular formula is C18H15BrClNO3. The molecule has 0 fully saturated rings. The van der Waals surface area contributed by atoms with Crippen LogP contribution in [0.3, 0.4) is 0 Å². The highest BCUT2D eigenvalue weighted by Gasteiger charge is 2.13. The molecule has 1 heterocycles. The number of ether oxygens (including phenoxy) is 2. The molecule has 3 aromatic rings. The SMILES string of the molecule is CCOc1c(Br)cc(/C=C(\Cl)c2nc3ccccc3o2)cc1OC. The van der Waals surface area contributed by atoms with Gasteiger partial charge in [0, 0.05) is 0 Å². The Morgan fingerprint density at radius 2 is 2.12 bits per heavy atom. The Hall–Kier alpha value is -1.98. The van der Waals surface area contributed by atoms with E-state index in [0.717, 1.165) is 15.6 Å². The average molecular weight is 409 g/mol. The fourth-order valence-corrected chi connectivity index (χ4v) is 3.07. The van der Waals surface area contributed by atoms with Gasteiger partial charge in [-0.1, -0.05) is 23.7 Å². The summed E-state index contributed by atoms with van der Waals surface area (Å²) in [6, 6.07) is 11.3. The lowest BCUT2D eigenvalue weighted by molar-refractivity contribution is 0.309. The van der Waals surface area contributed by atoms with E-state index in [4.69, 9.17) is 25.5 Å². The van der Waals surface area contributed by atoms with E-state index >= 15 is 0 Å². The number of hydrogen-bond acceptors (Lipinski definition) is 4. The normalized spacial score (nSPS) is 11.8. The van der Waals surface area contributed by atoms with Gasteiger partial charge in [0.05, 0.1) is 18.2 Å². The molecule has 0 bridgehead atoms. The third kappa shape index (κ3) is 3.42. The van der Waals surface area contributed by atoms with Crippen LogP contribution in [0.5, 0.6) is 11.5 Å². The van der Waals surface area contributed by atoms with Crippen LogP contribution in [0.15, 0.2) is 45.3 Å². The molecular weight excluding hydrogens is 394 g/mol. The molecule has 0 N–H and O–H groups in total. The Bertz CT molecular complexity index is 871. The number of rotatable bonds is 5. The van der Waals surface area contributed by atoms with E-state index in [1.54, 1.807) is 13.2 Å².